The fraction of sp³-hybridized carbons (Fsp3) is 0.615. The molecule has 3 fully saturated rings. The zero-order valence-corrected chi connectivity index (χ0v) is 11.2. The molecule has 4 atom stereocenters. The lowest BCUT2D eigenvalue weighted by Gasteiger charge is -2.26. The van der Waals surface area contributed by atoms with Crippen molar-refractivity contribution >= 4 is 28.3 Å². The molecule has 0 aromatic carbocycles. The van der Waals surface area contributed by atoms with Gasteiger partial charge in [0, 0.05) is 24.2 Å². The number of hydrogen-bond donors (Lipinski definition) is 1. The second-order valence-electron chi connectivity index (χ2n) is 5.73. The third-order valence-electron chi connectivity index (χ3n) is 4.68. The Hall–Kier alpha value is -1.43. The Balaban J connectivity index is 1.35. The van der Waals surface area contributed by atoms with Crippen LogP contribution in [0.4, 0.5) is 5.13 Å². The lowest BCUT2D eigenvalue weighted by molar-refractivity contribution is -0.136. The number of piperidine rings is 1. The van der Waals surface area contributed by atoms with Gasteiger partial charge in [-0.1, -0.05) is 0 Å². The molecule has 1 N–H and O–H groups in total. The minimum absolute atomic E-state index is 0.0214. The fourth-order valence-electron chi connectivity index (χ4n) is 3.81. The first-order chi connectivity index (χ1) is 9.22. The minimum atomic E-state index is -0.255. The number of thiazole rings is 1. The van der Waals surface area contributed by atoms with Crippen LogP contribution >= 0.6 is 11.3 Å². The van der Waals surface area contributed by atoms with E-state index in [0.717, 1.165) is 24.8 Å². The predicted molar refractivity (Wildman–Crippen MR) is 70.6 cm³/mol. The molecule has 1 aromatic rings. The minimum Gasteiger partial charge on any atom is -0.339 e. The maximum Gasteiger partial charge on any atom is 0.235 e. The van der Waals surface area contributed by atoms with Crippen LogP contribution in [0.2, 0.25) is 0 Å². The number of rotatable bonds is 3. The Labute approximate surface area is 115 Å². The summed E-state index contributed by atoms with van der Waals surface area (Å²) < 4.78 is 0. The third kappa shape index (κ3) is 1.85. The van der Waals surface area contributed by atoms with Crippen LogP contribution in [-0.4, -0.2) is 34.3 Å². The summed E-state index contributed by atoms with van der Waals surface area (Å²) in [4.78, 5) is 29.9. The lowest BCUT2D eigenvalue weighted by atomic mass is 10.1. The summed E-state index contributed by atoms with van der Waals surface area (Å²) in [5, 5.41) is 5.02. The maximum absolute atomic E-state index is 12.2. The second-order valence-corrected chi connectivity index (χ2v) is 6.63. The molecule has 2 heterocycles. The molecule has 3 aliphatic rings. The smallest absolute Gasteiger partial charge is 0.235 e. The number of nitrogens with zero attached hydrogens (tertiary/aromatic N) is 2. The van der Waals surface area contributed by atoms with Gasteiger partial charge in [0.25, 0.3) is 0 Å². The summed E-state index contributed by atoms with van der Waals surface area (Å²) >= 11 is 1.36. The predicted octanol–water partition coefficient (Wildman–Crippen LogP) is 1.34. The summed E-state index contributed by atoms with van der Waals surface area (Å²) in [7, 11) is 0. The number of carbonyl (C=O) groups is 2. The van der Waals surface area contributed by atoms with Gasteiger partial charge >= 0.3 is 0 Å². The average Bonchev–Trinajstić information content (AvgIpc) is 2.77. The number of anilines is 1. The average molecular weight is 277 g/mol. The number of likely N-dealkylation sites (tertiary alicyclic amines) is 1. The van der Waals surface area contributed by atoms with Gasteiger partial charge in [0.1, 0.15) is 6.42 Å². The summed E-state index contributed by atoms with van der Waals surface area (Å²) in [5.74, 6) is 2.06. The van der Waals surface area contributed by atoms with Crippen molar-refractivity contribution < 1.29 is 9.59 Å². The highest BCUT2D eigenvalue weighted by Crippen LogP contribution is 2.61. The molecule has 100 valence electrons. The van der Waals surface area contributed by atoms with Crippen molar-refractivity contribution in [2.45, 2.75) is 25.3 Å². The Kier molecular flexibility index (Phi) is 2.42. The lowest BCUT2D eigenvalue weighted by Crippen LogP contribution is -2.40. The highest BCUT2D eigenvalue weighted by molar-refractivity contribution is 7.13. The molecular formula is C13H15N3O2S. The van der Waals surface area contributed by atoms with E-state index in [4.69, 9.17) is 0 Å². The second kappa shape index (κ2) is 4.03. The van der Waals surface area contributed by atoms with Crippen LogP contribution in [0.15, 0.2) is 11.6 Å². The summed E-state index contributed by atoms with van der Waals surface area (Å²) in [6, 6.07) is 0.426. The number of hydrogen-bond acceptors (Lipinski definition) is 4. The molecule has 19 heavy (non-hydrogen) atoms. The zero-order valence-electron chi connectivity index (χ0n) is 10.4. The molecule has 6 heteroatoms. The SMILES string of the molecule is O=C(CC(=O)N1C[C@@H]2C[C@H]1[C@H]1C[C@@H]21)Nc1nccs1. The van der Waals surface area contributed by atoms with Crippen LogP contribution in [0.5, 0.6) is 0 Å². The number of aromatic nitrogens is 1. The van der Waals surface area contributed by atoms with E-state index in [9.17, 15) is 9.59 Å². The molecule has 0 spiro atoms. The Bertz CT molecular complexity index is 530. The van der Waals surface area contributed by atoms with Gasteiger partial charge in [-0.15, -0.1) is 11.3 Å². The van der Waals surface area contributed by atoms with Gasteiger partial charge in [0.05, 0.1) is 0 Å². The third-order valence-corrected chi connectivity index (χ3v) is 5.37. The van der Waals surface area contributed by atoms with Gasteiger partial charge < -0.3 is 10.2 Å². The van der Waals surface area contributed by atoms with Crippen LogP contribution in [0, 0.1) is 17.8 Å². The quantitative estimate of drug-likeness (QED) is 0.848. The molecule has 2 saturated carbocycles. The van der Waals surface area contributed by atoms with Crippen molar-refractivity contribution in [3.05, 3.63) is 11.6 Å². The number of fused-ring (bicyclic) bond motifs is 5. The fourth-order valence-corrected chi connectivity index (χ4v) is 4.36. The van der Waals surface area contributed by atoms with Crippen molar-refractivity contribution in [1.82, 2.24) is 9.88 Å². The van der Waals surface area contributed by atoms with Crippen LogP contribution in [0.1, 0.15) is 19.3 Å². The van der Waals surface area contributed by atoms with E-state index in [1.165, 1.54) is 17.8 Å². The first-order valence-electron chi connectivity index (χ1n) is 6.71. The molecule has 0 unspecified atom stereocenters. The highest BCUT2D eigenvalue weighted by Gasteiger charge is 2.61. The van der Waals surface area contributed by atoms with Gasteiger partial charge in [-0.05, 0) is 30.6 Å². The van der Waals surface area contributed by atoms with E-state index in [2.05, 4.69) is 10.3 Å². The largest absolute Gasteiger partial charge is 0.339 e. The number of nitrogens with one attached hydrogen (secondary N) is 1. The van der Waals surface area contributed by atoms with Gasteiger partial charge in [0.2, 0.25) is 11.8 Å². The van der Waals surface area contributed by atoms with Gasteiger partial charge in [-0.2, -0.15) is 0 Å². The van der Waals surface area contributed by atoms with Crippen molar-refractivity contribution in [3.63, 3.8) is 0 Å². The van der Waals surface area contributed by atoms with Crippen molar-refractivity contribution in [1.29, 1.82) is 0 Å². The van der Waals surface area contributed by atoms with E-state index in [1.807, 2.05) is 4.90 Å². The molecule has 4 rings (SSSR count). The van der Waals surface area contributed by atoms with E-state index >= 15 is 0 Å². The summed E-state index contributed by atoms with van der Waals surface area (Å²) in [6.07, 6.45) is 4.04. The Morgan fingerprint density at radius 2 is 2.32 bits per heavy atom. The topological polar surface area (TPSA) is 62.3 Å². The molecule has 1 aliphatic heterocycles. The van der Waals surface area contributed by atoms with Gasteiger partial charge in [0.15, 0.2) is 5.13 Å². The first kappa shape index (κ1) is 11.4. The van der Waals surface area contributed by atoms with E-state index in [0.29, 0.717) is 17.1 Å². The Morgan fingerprint density at radius 3 is 3.00 bits per heavy atom. The first-order valence-corrected chi connectivity index (χ1v) is 7.59. The monoisotopic (exact) mass is 277 g/mol. The zero-order chi connectivity index (χ0) is 13.0. The highest BCUT2D eigenvalue weighted by atomic mass is 32.1. The Morgan fingerprint density at radius 1 is 1.42 bits per heavy atom. The van der Waals surface area contributed by atoms with Crippen LogP contribution < -0.4 is 5.32 Å². The normalized spacial score (nSPS) is 34.2. The van der Waals surface area contributed by atoms with Crippen LogP contribution in [0.25, 0.3) is 0 Å². The summed E-state index contributed by atoms with van der Waals surface area (Å²) in [6.45, 7) is 0.870. The van der Waals surface area contributed by atoms with Crippen molar-refractivity contribution in [2.24, 2.45) is 17.8 Å². The molecule has 5 nitrogen and oxygen atoms in total. The van der Waals surface area contributed by atoms with Crippen molar-refractivity contribution in [3.8, 4) is 0 Å². The molecule has 2 amide bonds. The van der Waals surface area contributed by atoms with E-state index in [-0.39, 0.29) is 18.2 Å². The van der Waals surface area contributed by atoms with Gasteiger partial charge in [-0.3, -0.25) is 9.59 Å². The molecule has 0 radical (unpaired) electrons. The van der Waals surface area contributed by atoms with E-state index < -0.39 is 0 Å². The molecule has 2 bridgehead atoms. The molecule has 1 aromatic heterocycles. The van der Waals surface area contributed by atoms with Crippen LogP contribution in [-0.2, 0) is 9.59 Å². The van der Waals surface area contributed by atoms with E-state index in [1.54, 1.807) is 11.6 Å². The molecule has 2 aliphatic carbocycles. The maximum atomic E-state index is 12.2. The molecule has 1 saturated heterocycles. The number of amides is 2. The number of carbonyl (C=O) groups excluding carboxylic acids is 2. The van der Waals surface area contributed by atoms with Gasteiger partial charge in [-0.25, -0.2) is 4.98 Å². The van der Waals surface area contributed by atoms with Crippen LogP contribution in [0.3, 0.4) is 0 Å². The summed E-state index contributed by atoms with van der Waals surface area (Å²) in [5.41, 5.74) is 0. The van der Waals surface area contributed by atoms with Crippen molar-refractivity contribution in [2.75, 3.05) is 11.9 Å². The molecular weight excluding hydrogens is 262 g/mol. The standard InChI is InChI=1S/C13H15N3O2S/c17-11(15-13-14-1-2-19-13)5-12(18)16-6-7-3-10(16)9-4-8(7)9/h1-2,7-10H,3-6H2,(H,14,15,17)/t7-,8-,9-,10-/m0/s1.